The average Bonchev–Trinajstić information content (AvgIpc) is 2.88. The molecule has 1 unspecified atom stereocenters. The lowest BCUT2D eigenvalue weighted by molar-refractivity contribution is 0.320. The number of thioether (sulfide) groups is 1. The van der Waals surface area contributed by atoms with E-state index >= 15 is 0 Å². The van der Waals surface area contributed by atoms with Crippen LogP contribution in [0.4, 0.5) is 5.69 Å². The third-order valence-electron chi connectivity index (χ3n) is 3.93. The zero-order valence-electron chi connectivity index (χ0n) is 11.4. The van der Waals surface area contributed by atoms with Gasteiger partial charge in [-0.2, -0.15) is 0 Å². The van der Waals surface area contributed by atoms with Gasteiger partial charge in [0, 0.05) is 29.6 Å². The highest BCUT2D eigenvalue weighted by atomic mass is 35.5. The monoisotopic (exact) mass is 315 g/mol. The van der Waals surface area contributed by atoms with E-state index in [0.29, 0.717) is 6.04 Å². The summed E-state index contributed by atoms with van der Waals surface area (Å²) in [4.78, 5) is 11.3. The van der Waals surface area contributed by atoms with Crippen molar-refractivity contribution in [2.75, 3.05) is 5.75 Å². The Bertz CT molecular complexity index is 702. The summed E-state index contributed by atoms with van der Waals surface area (Å²) in [5, 5.41) is 1.91. The van der Waals surface area contributed by atoms with Crippen LogP contribution in [0.1, 0.15) is 11.1 Å². The molecule has 0 aliphatic carbocycles. The van der Waals surface area contributed by atoms with Gasteiger partial charge in [0.15, 0.2) is 5.17 Å². The van der Waals surface area contributed by atoms with Crippen LogP contribution in [-0.4, -0.2) is 26.8 Å². The van der Waals surface area contributed by atoms with Crippen LogP contribution in [-0.2, 0) is 13.0 Å². The first-order chi connectivity index (χ1) is 10.3. The molecule has 0 radical (unpaired) electrons. The van der Waals surface area contributed by atoms with Gasteiger partial charge in [0.25, 0.3) is 0 Å². The first kappa shape index (κ1) is 13.2. The van der Waals surface area contributed by atoms with Crippen LogP contribution in [0.5, 0.6) is 0 Å². The Morgan fingerprint density at radius 1 is 1.29 bits per heavy atom. The number of halogens is 1. The Labute approximate surface area is 133 Å². The first-order valence-electron chi connectivity index (χ1n) is 6.95. The van der Waals surface area contributed by atoms with Crippen molar-refractivity contribution in [1.82, 2.24) is 9.88 Å². The highest BCUT2D eigenvalue weighted by molar-refractivity contribution is 8.14. The molecule has 2 aromatic rings. The number of benzene rings is 1. The molecule has 1 saturated heterocycles. The van der Waals surface area contributed by atoms with Gasteiger partial charge in [-0.3, -0.25) is 4.98 Å². The van der Waals surface area contributed by atoms with Gasteiger partial charge in [-0.25, -0.2) is 4.99 Å². The van der Waals surface area contributed by atoms with Crippen LogP contribution in [0.2, 0.25) is 5.02 Å². The lowest BCUT2D eigenvalue weighted by Gasteiger charge is -2.32. The minimum absolute atomic E-state index is 0.541. The van der Waals surface area contributed by atoms with E-state index in [0.717, 1.165) is 34.6 Å². The van der Waals surface area contributed by atoms with Gasteiger partial charge in [-0.05, 0) is 41.8 Å². The summed E-state index contributed by atoms with van der Waals surface area (Å²) in [7, 11) is 0. The van der Waals surface area contributed by atoms with Gasteiger partial charge in [-0.1, -0.05) is 29.4 Å². The minimum Gasteiger partial charge on any atom is -0.343 e. The standard InChI is InChI=1S/C16H14ClN3S/c17-13-4-3-11-7-15-10-21-16(20(15)9-12(11)6-13)19-14-2-1-5-18-8-14/h1-6,8,15H,7,9-10H2. The second kappa shape index (κ2) is 5.35. The number of hydrogen-bond acceptors (Lipinski definition) is 3. The van der Waals surface area contributed by atoms with Crippen LogP contribution in [0.25, 0.3) is 0 Å². The second-order valence-electron chi connectivity index (χ2n) is 5.32. The smallest absolute Gasteiger partial charge is 0.165 e. The minimum atomic E-state index is 0.541. The predicted molar refractivity (Wildman–Crippen MR) is 88.3 cm³/mol. The topological polar surface area (TPSA) is 28.5 Å². The normalized spacial score (nSPS) is 22.2. The number of aromatic nitrogens is 1. The summed E-state index contributed by atoms with van der Waals surface area (Å²) in [6.45, 7) is 0.895. The molecule has 1 aromatic heterocycles. The van der Waals surface area contributed by atoms with Crippen LogP contribution in [0, 0.1) is 0 Å². The fraction of sp³-hybridized carbons (Fsp3) is 0.250. The molecule has 2 aliphatic heterocycles. The molecule has 0 amide bonds. The molecule has 1 fully saturated rings. The maximum atomic E-state index is 6.12. The summed E-state index contributed by atoms with van der Waals surface area (Å²) >= 11 is 7.96. The van der Waals surface area contributed by atoms with Crippen molar-refractivity contribution in [3.8, 4) is 0 Å². The number of aliphatic imine (C=N–C) groups is 1. The SMILES string of the molecule is Clc1ccc2c(c1)CN1C(=Nc3cccnc3)SCC1C2. The average molecular weight is 316 g/mol. The summed E-state index contributed by atoms with van der Waals surface area (Å²) in [5.74, 6) is 1.10. The lowest BCUT2D eigenvalue weighted by Crippen LogP contribution is -2.38. The number of pyridine rings is 1. The van der Waals surface area contributed by atoms with Crippen molar-refractivity contribution in [2.24, 2.45) is 4.99 Å². The van der Waals surface area contributed by atoms with Crippen molar-refractivity contribution >= 4 is 34.2 Å². The molecule has 0 bridgehead atoms. The maximum absolute atomic E-state index is 6.12. The Morgan fingerprint density at radius 2 is 2.24 bits per heavy atom. The number of hydrogen-bond donors (Lipinski definition) is 0. The van der Waals surface area contributed by atoms with E-state index in [1.54, 1.807) is 12.4 Å². The third-order valence-corrected chi connectivity index (χ3v) is 5.30. The van der Waals surface area contributed by atoms with E-state index in [1.807, 2.05) is 30.0 Å². The molecule has 106 valence electrons. The molecule has 21 heavy (non-hydrogen) atoms. The largest absolute Gasteiger partial charge is 0.343 e. The molecular weight excluding hydrogens is 302 g/mol. The van der Waals surface area contributed by atoms with E-state index in [2.05, 4.69) is 22.0 Å². The van der Waals surface area contributed by atoms with Gasteiger partial charge >= 0.3 is 0 Å². The molecule has 0 spiro atoms. The number of nitrogens with zero attached hydrogens (tertiary/aromatic N) is 3. The Morgan fingerprint density at radius 3 is 3.10 bits per heavy atom. The fourth-order valence-electron chi connectivity index (χ4n) is 2.87. The van der Waals surface area contributed by atoms with Crippen molar-refractivity contribution < 1.29 is 0 Å². The van der Waals surface area contributed by atoms with Crippen molar-refractivity contribution in [3.63, 3.8) is 0 Å². The Kier molecular flexibility index (Phi) is 3.36. The van der Waals surface area contributed by atoms with E-state index in [4.69, 9.17) is 16.6 Å². The fourth-order valence-corrected chi connectivity index (χ4v) is 4.25. The zero-order chi connectivity index (χ0) is 14.2. The summed E-state index contributed by atoms with van der Waals surface area (Å²) in [6.07, 6.45) is 4.65. The lowest BCUT2D eigenvalue weighted by atomic mass is 9.95. The Hall–Kier alpha value is -1.52. The highest BCUT2D eigenvalue weighted by Crippen LogP contribution is 2.35. The zero-order valence-corrected chi connectivity index (χ0v) is 12.9. The molecule has 3 nitrogen and oxygen atoms in total. The molecule has 5 heteroatoms. The number of amidine groups is 1. The van der Waals surface area contributed by atoms with Crippen molar-refractivity contribution in [2.45, 2.75) is 19.0 Å². The van der Waals surface area contributed by atoms with Gasteiger partial charge in [-0.15, -0.1) is 0 Å². The van der Waals surface area contributed by atoms with Gasteiger partial charge in [0.2, 0.25) is 0 Å². The molecular formula is C16H14ClN3S. The molecule has 3 heterocycles. The van der Waals surface area contributed by atoms with Gasteiger partial charge < -0.3 is 4.90 Å². The predicted octanol–water partition coefficient (Wildman–Crippen LogP) is 3.90. The van der Waals surface area contributed by atoms with Crippen molar-refractivity contribution in [1.29, 1.82) is 0 Å². The van der Waals surface area contributed by atoms with Crippen molar-refractivity contribution in [3.05, 3.63) is 58.9 Å². The Balaban J connectivity index is 1.66. The van der Waals surface area contributed by atoms with E-state index in [9.17, 15) is 0 Å². The molecule has 0 N–H and O–H groups in total. The molecule has 1 aromatic carbocycles. The van der Waals surface area contributed by atoms with E-state index in [-0.39, 0.29) is 0 Å². The molecule has 4 rings (SSSR count). The molecule has 1 atom stereocenters. The van der Waals surface area contributed by atoms with Gasteiger partial charge in [0.05, 0.1) is 11.9 Å². The van der Waals surface area contributed by atoms with E-state index in [1.165, 1.54) is 11.1 Å². The quantitative estimate of drug-likeness (QED) is 0.799. The first-order valence-corrected chi connectivity index (χ1v) is 8.31. The van der Waals surface area contributed by atoms with Crippen LogP contribution < -0.4 is 0 Å². The number of rotatable bonds is 1. The summed E-state index contributed by atoms with van der Waals surface area (Å²) in [6, 6.07) is 10.7. The summed E-state index contributed by atoms with van der Waals surface area (Å²) in [5.41, 5.74) is 3.65. The van der Waals surface area contributed by atoms with Crippen LogP contribution in [0.15, 0.2) is 47.7 Å². The van der Waals surface area contributed by atoms with Crippen LogP contribution in [0.3, 0.4) is 0 Å². The van der Waals surface area contributed by atoms with Gasteiger partial charge in [0.1, 0.15) is 0 Å². The maximum Gasteiger partial charge on any atom is 0.165 e. The van der Waals surface area contributed by atoms with E-state index < -0.39 is 0 Å². The number of fused-ring (bicyclic) bond motifs is 2. The third kappa shape index (κ3) is 2.54. The summed E-state index contributed by atoms with van der Waals surface area (Å²) < 4.78 is 0. The molecule has 2 aliphatic rings. The highest BCUT2D eigenvalue weighted by Gasteiger charge is 2.34. The van der Waals surface area contributed by atoms with Crippen LogP contribution >= 0.6 is 23.4 Å². The molecule has 0 saturated carbocycles. The second-order valence-corrected chi connectivity index (χ2v) is 6.74.